The molecule has 0 fully saturated rings. The molecule has 0 aliphatic rings. The number of hydrogen-bond acceptors (Lipinski definition) is 4. The van der Waals surface area contributed by atoms with Crippen LogP contribution >= 0.6 is 27.9 Å². The van der Waals surface area contributed by atoms with E-state index >= 15 is 0 Å². The highest BCUT2D eigenvalue weighted by atomic mass is 79.9. The van der Waals surface area contributed by atoms with Gasteiger partial charge in [0, 0.05) is 22.1 Å². The predicted octanol–water partition coefficient (Wildman–Crippen LogP) is 6.76. The SMILES string of the molecule is C=CC(/C(CC(CC(=O)OCC)C(F)(F)F)=N\SC(C)(C)C)=C(F)\C=C/CBr. The van der Waals surface area contributed by atoms with Crippen LogP contribution in [-0.4, -0.2) is 34.5 Å². The van der Waals surface area contributed by atoms with Gasteiger partial charge in [-0.25, -0.2) is 8.79 Å². The maximum absolute atomic E-state index is 14.5. The van der Waals surface area contributed by atoms with Gasteiger partial charge in [-0.1, -0.05) is 34.7 Å². The van der Waals surface area contributed by atoms with Crippen LogP contribution in [0.5, 0.6) is 0 Å². The van der Waals surface area contributed by atoms with Gasteiger partial charge in [0.15, 0.2) is 0 Å². The molecule has 0 aliphatic heterocycles. The predicted molar refractivity (Wildman–Crippen MR) is 111 cm³/mol. The highest BCUT2D eigenvalue weighted by molar-refractivity contribution is 9.09. The van der Waals surface area contributed by atoms with Gasteiger partial charge in [0.2, 0.25) is 0 Å². The molecule has 1 unspecified atom stereocenters. The molecule has 0 N–H and O–H groups in total. The van der Waals surface area contributed by atoms with Crippen molar-refractivity contribution in [1.29, 1.82) is 0 Å². The lowest BCUT2D eigenvalue weighted by molar-refractivity contribution is -0.182. The van der Waals surface area contributed by atoms with Crippen LogP contribution in [-0.2, 0) is 9.53 Å². The minimum Gasteiger partial charge on any atom is -0.466 e. The van der Waals surface area contributed by atoms with Crippen LogP contribution in [0.15, 0.2) is 40.6 Å². The summed E-state index contributed by atoms with van der Waals surface area (Å²) in [5.74, 6) is -3.76. The molecule has 1 atom stereocenters. The molecule has 0 saturated carbocycles. The second-order valence-corrected chi connectivity index (χ2v) is 8.95. The molecule has 0 aromatic rings. The van der Waals surface area contributed by atoms with E-state index in [0.29, 0.717) is 5.33 Å². The number of carbonyl (C=O) groups is 1. The number of halogens is 5. The molecular formula is C19H26BrF4NO2S. The third kappa shape index (κ3) is 11.0. The van der Waals surface area contributed by atoms with Crippen LogP contribution in [0.2, 0.25) is 0 Å². The zero-order valence-corrected chi connectivity index (χ0v) is 18.8. The van der Waals surface area contributed by atoms with Gasteiger partial charge in [-0.2, -0.15) is 13.2 Å². The first kappa shape index (κ1) is 26.9. The molecule has 0 bridgehead atoms. The molecule has 0 aromatic carbocycles. The molecule has 0 saturated heterocycles. The average molecular weight is 488 g/mol. The third-order valence-corrected chi connectivity index (χ3v) is 4.41. The number of hydrogen-bond donors (Lipinski definition) is 0. The quantitative estimate of drug-likeness (QED) is 0.0852. The maximum Gasteiger partial charge on any atom is 0.392 e. The molecule has 160 valence electrons. The number of alkyl halides is 4. The van der Waals surface area contributed by atoms with Crippen molar-refractivity contribution >= 4 is 39.6 Å². The Bertz CT molecular complexity index is 622. The molecule has 3 nitrogen and oxygen atoms in total. The normalized spacial score (nSPS) is 15.4. The van der Waals surface area contributed by atoms with Crippen molar-refractivity contribution in [1.82, 2.24) is 0 Å². The van der Waals surface area contributed by atoms with Gasteiger partial charge < -0.3 is 4.74 Å². The number of ether oxygens (including phenoxy) is 1. The Morgan fingerprint density at radius 2 is 1.89 bits per heavy atom. The number of rotatable bonds is 10. The van der Waals surface area contributed by atoms with Crippen LogP contribution in [0.4, 0.5) is 17.6 Å². The summed E-state index contributed by atoms with van der Waals surface area (Å²) in [6.45, 7) is 10.5. The lowest BCUT2D eigenvalue weighted by Gasteiger charge is -2.22. The summed E-state index contributed by atoms with van der Waals surface area (Å²) in [4.78, 5) is 11.6. The fourth-order valence-electron chi connectivity index (χ4n) is 1.94. The highest BCUT2D eigenvalue weighted by Gasteiger charge is 2.42. The Morgan fingerprint density at radius 3 is 2.32 bits per heavy atom. The number of esters is 1. The second kappa shape index (κ2) is 12.5. The Hall–Kier alpha value is -1.09. The van der Waals surface area contributed by atoms with Crippen LogP contribution in [0, 0.1) is 5.92 Å². The van der Waals surface area contributed by atoms with Crippen molar-refractivity contribution in [2.45, 2.75) is 51.5 Å². The van der Waals surface area contributed by atoms with Crippen LogP contribution in [0.1, 0.15) is 40.5 Å². The molecule has 0 spiro atoms. The van der Waals surface area contributed by atoms with Crippen LogP contribution in [0.3, 0.4) is 0 Å². The molecular weight excluding hydrogens is 462 g/mol. The van der Waals surface area contributed by atoms with Crippen molar-refractivity contribution in [3.05, 3.63) is 36.2 Å². The highest BCUT2D eigenvalue weighted by Crippen LogP contribution is 2.35. The first-order chi connectivity index (χ1) is 12.9. The Morgan fingerprint density at radius 1 is 1.29 bits per heavy atom. The van der Waals surface area contributed by atoms with Gasteiger partial charge in [0.1, 0.15) is 5.83 Å². The summed E-state index contributed by atoms with van der Waals surface area (Å²) in [5, 5.41) is 0.377. The molecule has 9 heteroatoms. The smallest absolute Gasteiger partial charge is 0.392 e. The minimum absolute atomic E-state index is 0.0198. The lowest BCUT2D eigenvalue weighted by atomic mass is 9.93. The van der Waals surface area contributed by atoms with Gasteiger partial charge >= 0.3 is 12.1 Å². The van der Waals surface area contributed by atoms with Gasteiger partial charge in [-0.3, -0.25) is 4.79 Å². The summed E-state index contributed by atoms with van der Waals surface area (Å²) in [5.41, 5.74) is -0.245. The fraction of sp³-hybridized carbons (Fsp3) is 0.579. The molecule has 0 rings (SSSR count). The van der Waals surface area contributed by atoms with E-state index in [1.165, 1.54) is 13.0 Å². The largest absolute Gasteiger partial charge is 0.466 e. The lowest BCUT2D eigenvalue weighted by Crippen LogP contribution is -2.29. The molecule has 0 aromatic heterocycles. The van der Waals surface area contributed by atoms with E-state index in [2.05, 4.69) is 31.6 Å². The van der Waals surface area contributed by atoms with E-state index in [1.807, 2.05) is 20.8 Å². The molecule has 0 radical (unpaired) electrons. The van der Waals surface area contributed by atoms with Crippen molar-refractivity contribution in [3.63, 3.8) is 0 Å². The van der Waals surface area contributed by atoms with Crippen LogP contribution in [0.25, 0.3) is 0 Å². The van der Waals surface area contributed by atoms with Crippen molar-refractivity contribution in [2.75, 3.05) is 11.9 Å². The molecule has 28 heavy (non-hydrogen) atoms. The zero-order valence-electron chi connectivity index (χ0n) is 16.4. The van der Waals surface area contributed by atoms with E-state index in [0.717, 1.165) is 24.1 Å². The average Bonchev–Trinajstić information content (AvgIpc) is 2.56. The zero-order chi connectivity index (χ0) is 22.0. The molecule has 0 heterocycles. The van der Waals surface area contributed by atoms with Gasteiger partial charge in [0.25, 0.3) is 0 Å². The van der Waals surface area contributed by atoms with Crippen molar-refractivity contribution in [3.8, 4) is 0 Å². The number of carbonyl (C=O) groups excluding carboxylic acids is 1. The number of allylic oxidation sites excluding steroid dienone is 5. The minimum atomic E-state index is -4.67. The summed E-state index contributed by atoms with van der Waals surface area (Å²) in [7, 11) is 0. The van der Waals surface area contributed by atoms with Crippen molar-refractivity contribution < 1.29 is 27.1 Å². The van der Waals surface area contributed by atoms with Gasteiger partial charge in [-0.05, 0) is 45.7 Å². The van der Waals surface area contributed by atoms with Crippen molar-refractivity contribution in [2.24, 2.45) is 10.3 Å². The first-order valence-corrected chi connectivity index (χ1v) is 10.5. The maximum atomic E-state index is 14.5. The van der Waals surface area contributed by atoms with Gasteiger partial charge in [-0.15, -0.1) is 0 Å². The fourth-order valence-corrected chi connectivity index (χ4v) is 2.68. The summed E-state index contributed by atoms with van der Waals surface area (Å²) in [6, 6.07) is 0. The Balaban J connectivity index is 6.04. The van der Waals surface area contributed by atoms with Crippen LogP contribution < -0.4 is 0 Å². The van der Waals surface area contributed by atoms with E-state index in [1.54, 1.807) is 0 Å². The monoisotopic (exact) mass is 487 g/mol. The van der Waals surface area contributed by atoms with E-state index in [-0.39, 0.29) is 17.9 Å². The third-order valence-electron chi connectivity index (χ3n) is 3.18. The van der Waals surface area contributed by atoms with Gasteiger partial charge in [0.05, 0.1) is 24.7 Å². The van der Waals surface area contributed by atoms with E-state index in [4.69, 9.17) is 0 Å². The summed E-state index contributed by atoms with van der Waals surface area (Å²) < 4.78 is 63.4. The summed E-state index contributed by atoms with van der Waals surface area (Å²) >= 11 is 4.15. The number of nitrogens with zero attached hydrogens (tertiary/aromatic N) is 1. The topological polar surface area (TPSA) is 38.7 Å². The second-order valence-electron chi connectivity index (χ2n) is 6.72. The van der Waals surface area contributed by atoms with E-state index in [9.17, 15) is 22.4 Å². The Labute approximate surface area is 176 Å². The standard InChI is InChI=1S/C19H26BrF4NO2S/c1-6-14(15(21)9-8-10-20)16(25-28-18(3,4)5)11-13(19(22,23)24)12-17(26)27-7-2/h6,8-9,13H,1,7,10-12H2,2-5H3/b9-8-,15-14-,25-16-. The Kier molecular flexibility index (Phi) is 12.0. The molecule has 0 aliphatic carbocycles. The first-order valence-electron chi connectivity index (χ1n) is 8.58. The van der Waals surface area contributed by atoms with E-state index < -0.39 is 41.5 Å². The summed E-state index contributed by atoms with van der Waals surface area (Å²) in [6.07, 6.45) is -2.46. The molecule has 0 amide bonds.